The molecule has 5 heteroatoms. The highest BCUT2D eigenvalue weighted by molar-refractivity contribution is 9.10. The van der Waals surface area contributed by atoms with Crippen LogP contribution in [0.25, 0.3) is 0 Å². The van der Waals surface area contributed by atoms with Gasteiger partial charge in [0.2, 0.25) is 6.08 Å². The Labute approximate surface area is 71.8 Å². The van der Waals surface area contributed by atoms with Crippen LogP contribution >= 0.6 is 15.9 Å². The summed E-state index contributed by atoms with van der Waals surface area (Å²) in [5.41, 5.74) is 0.948. The Bertz CT molecular complexity index is 277. The molecular formula is C6H6BrN3O. The van der Waals surface area contributed by atoms with Crippen LogP contribution in [0.3, 0.4) is 0 Å². The molecule has 0 aliphatic heterocycles. The Hall–Kier alpha value is -0.930. The summed E-state index contributed by atoms with van der Waals surface area (Å²) in [4.78, 5) is 13.1. The molecule has 0 aliphatic carbocycles. The smallest absolute Gasteiger partial charge is 0.234 e. The molecule has 0 saturated carbocycles. The van der Waals surface area contributed by atoms with E-state index in [9.17, 15) is 4.79 Å². The number of halogens is 1. The molecule has 1 rings (SSSR count). The van der Waals surface area contributed by atoms with Gasteiger partial charge in [0.15, 0.2) is 0 Å². The van der Waals surface area contributed by atoms with Gasteiger partial charge in [-0.05, 0) is 15.9 Å². The van der Waals surface area contributed by atoms with Crippen molar-refractivity contribution in [3.05, 3.63) is 16.4 Å². The number of aliphatic imine (C=N–C) groups is 1. The minimum Gasteiger partial charge on any atom is -0.281 e. The van der Waals surface area contributed by atoms with Gasteiger partial charge in [-0.3, -0.25) is 5.10 Å². The zero-order valence-electron chi connectivity index (χ0n) is 5.67. The Kier molecular flexibility index (Phi) is 3.01. The van der Waals surface area contributed by atoms with E-state index >= 15 is 0 Å². The molecule has 1 N–H and O–H groups in total. The number of isocyanates is 1. The highest BCUT2D eigenvalue weighted by Gasteiger charge is 1.99. The predicted molar refractivity (Wildman–Crippen MR) is 43.0 cm³/mol. The van der Waals surface area contributed by atoms with Crippen LogP contribution in [0.15, 0.2) is 15.7 Å². The van der Waals surface area contributed by atoms with Gasteiger partial charge < -0.3 is 0 Å². The van der Waals surface area contributed by atoms with Crippen molar-refractivity contribution in [1.29, 1.82) is 0 Å². The van der Waals surface area contributed by atoms with Crippen LogP contribution in [-0.4, -0.2) is 22.8 Å². The van der Waals surface area contributed by atoms with Crippen LogP contribution in [0.1, 0.15) is 5.69 Å². The van der Waals surface area contributed by atoms with Gasteiger partial charge >= 0.3 is 0 Å². The van der Waals surface area contributed by atoms with Crippen LogP contribution in [0.2, 0.25) is 0 Å². The van der Waals surface area contributed by atoms with Gasteiger partial charge in [0, 0.05) is 6.42 Å². The third-order valence-electron chi connectivity index (χ3n) is 1.20. The van der Waals surface area contributed by atoms with E-state index in [-0.39, 0.29) is 0 Å². The molecule has 0 aromatic carbocycles. The number of H-pyrrole nitrogens is 1. The summed E-state index contributed by atoms with van der Waals surface area (Å²) in [7, 11) is 0. The van der Waals surface area contributed by atoms with E-state index in [4.69, 9.17) is 0 Å². The molecule has 1 aromatic rings. The topological polar surface area (TPSA) is 58.1 Å². The Morgan fingerprint density at radius 2 is 2.64 bits per heavy atom. The van der Waals surface area contributed by atoms with Gasteiger partial charge in [-0.2, -0.15) is 5.10 Å². The summed E-state index contributed by atoms with van der Waals surface area (Å²) in [6.07, 6.45) is 3.82. The van der Waals surface area contributed by atoms with E-state index in [1.807, 2.05) is 0 Å². The summed E-state index contributed by atoms with van der Waals surface area (Å²) in [5, 5.41) is 6.57. The fourth-order valence-corrected chi connectivity index (χ4v) is 1.08. The molecule has 0 spiro atoms. The van der Waals surface area contributed by atoms with Gasteiger partial charge in [0.25, 0.3) is 0 Å². The highest BCUT2D eigenvalue weighted by Crippen LogP contribution is 2.12. The molecule has 0 atom stereocenters. The molecule has 0 saturated heterocycles. The van der Waals surface area contributed by atoms with Crippen LogP contribution in [0.5, 0.6) is 0 Å². The molecule has 11 heavy (non-hydrogen) atoms. The molecule has 0 unspecified atom stereocenters. The minimum atomic E-state index is 0.449. The third kappa shape index (κ3) is 2.29. The fraction of sp³-hybridized carbons (Fsp3) is 0.333. The maximum atomic E-state index is 9.69. The van der Waals surface area contributed by atoms with Crippen molar-refractivity contribution < 1.29 is 4.79 Å². The van der Waals surface area contributed by atoms with Gasteiger partial charge in [-0.15, -0.1) is 0 Å². The van der Waals surface area contributed by atoms with Gasteiger partial charge in [-0.1, -0.05) is 0 Å². The lowest BCUT2D eigenvalue weighted by Gasteiger charge is -1.90. The summed E-state index contributed by atoms with van der Waals surface area (Å²) < 4.78 is 0.915. The van der Waals surface area contributed by atoms with Crippen molar-refractivity contribution >= 4 is 22.0 Å². The molecule has 0 amide bonds. The second-order valence-corrected chi connectivity index (χ2v) is 2.77. The first-order chi connectivity index (χ1) is 5.34. The average Bonchev–Trinajstić information content (AvgIpc) is 2.37. The third-order valence-corrected chi connectivity index (χ3v) is 1.89. The standard InChI is InChI=1S/C6H6BrN3O/c7-5-3-9-10-6(5)1-2-8-4-11/h3H,1-2H2,(H,9,10). The van der Waals surface area contributed by atoms with E-state index in [0.717, 1.165) is 10.2 Å². The number of nitrogens with one attached hydrogen (secondary N) is 1. The number of carbonyl (C=O) groups excluding carboxylic acids is 1. The number of aromatic nitrogens is 2. The molecule has 0 aliphatic rings. The first kappa shape index (κ1) is 8.17. The highest BCUT2D eigenvalue weighted by atomic mass is 79.9. The largest absolute Gasteiger partial charge is 0.281 e. The molecule has 0 bridgehead atoms. The molecular weight excluding hydrogens is 210 g/mol. The monoisotopic (exact) mass is 215 g/mol. The van der Waals surface area contributed by atoms with Crippen molar-refractivity contribution in [3.8, 4) is 0 Å². The number of rotatable bonds is 3. The first-order valence-electron chi connectivity index (χ1n) is 3.06. The summed E-state index contributed by atoms with van der Waals surface area (Å²) >= 11 is 3.28. The van der Waals surface area contributed by atoms with E-state index in [2.05, 4.69) is 31.1 Å². The van der Waals surface area contributed by atoms with Gasteiger partial charge in [0.05, 0.1) is 22.9 Å². The molecule has 1 heterocycles. The molecule has 4 nitrogen and oxygen atoms in total. The second kappa shape index (κ2) is 4.05. The molecule has 0 radical (unpaired) electrons. The maximum absolute atomic E-state index is 9.69. The first-order valence-corrected chi connectivity index (χ1v) is 3.85. The number of aromatic amines is 1. The van der Waals surface area contributed by atoms with Crippen molar-refractivity contribution in [2.45, 2.75) is 6.42 Å². The van der Waals surface area contributed by atoms with Crippen LogP contribution in [-0.2, 0) is 11.2 Å². The van der Waals surface area contributed by atoms with Crippen LogP contribution < -0.4 is 0 Å². The van der Waals surface area contributed by atoms with E-state index < -0.39 is 0 Å². The second-order valence-electron chi connectivity index (χ2n) is 1.92. The Morgan fingerprint density at radius 1 is 1.82 bits per heavy atom. The molecule has 0 fully saturated rings. The average molecular weight is 216 g/mol. The van der Waals surface area contributed by atoms with Crippen molar-refractivity contribution in [3.63, 3.8) is 0 Å². The van der Waals surface area contributed by atoms with Crippen LogP contribution in [0, 0.1) is 0 Å². The normalized spacial score (nSPS) is 9.18. The lowest BCUT2D eigenvalue weighted by molar-refractivity contribution is 0.563. The predicted octanol–water partition coefficient (Wildman–Crippen LogP) is 1.05. The zero-order chi connectivity index (χ0) is 8.10. The van der Waals surface area contributed by atoms with Gasteiger partial charge in [-0.25, -0.2) is 9.79 Å². The zero-order valence-corrected chi connectivity index (χ0v) is 7.26. The van der Waals surface area contributed by atoms with E-state index in [0.29, 0.717) is 13.0 Å². The SMILES string of the molecule is O=C=NCCc1[nH]ncc1Br. The maximum Gasteiger partial charge on any atom is 0.234 e. The minimum absolute atomic E-state index is 0.449. The number of nitrogens with zero attached hydrogens (tertiary/aromatic N) is 2. The lowest BCUT2D eigenvalue weighted by atomic mass is 10.3. The quantitative estimate of drug-likeness (QED) is 0.606. The van der Waals surface area contributed by atoms with Gasteiger partial charge in [0.1, 0.15) is 0 Å². The lowest BCUT2D eigenvalue weighted by Crippen LogP contribution is -1.90. The summed E-state index contributed by atoms with van der Waals surface area (Å²) in [5.74, 6) is 0. The number of hydrogen-bond donors (Lipinski definition) is 1. The van der Waals surface area contributed by atoms with Crippen molar-refractivity contribution in [1.82, 2.24) is 10.2 Å². The number of hydrogen-bond acceptors (Lipinski definition) is 3. The fourth-order valence-electron chi connectivity index (χ4n) is 0.687. The molecule has 58 valence electrons. The summed E-state index contributed by atoms with van der Waals surface area (Å²) in [6, 6.07) is 0. The Morgan fingerprint density at radius 3 is 3.18 bits per heavy atom. The van der Waals surface area contributed by atoms with E-state index in [1.165, 1.54) is 6.08 Å². The van der Waals surface area contributed by atoms with Crippen molar-refractivity contribution in [2.75, 3.05) is 6.54 Å². The summed E-state index contributed by atoms with van der Waals surface area (Å²) in [6.45, 7) is 0.449. The van der Waals surface area contributed by atoms with E-state index in [1.54, 1.807) is 6.20 Å². The molecule has 1 aromatic heterocycles. The van der Waals surface area contributed by atoms with Crippen molar-refractivity contribution in [2.24, 2.45) is 4.99 Å². The van der Waals surface area contributed by atoms with Crippen LogP contribution in [0.4, 0.5) is 0 Å². The Balaban J connectivity index is 2.50.